The van der Waals surface area contributed by atoms with E-state index in [1.807, 2.05) is 0 Å². The van der Waals surface area contributed by atoms with E-state index in [2.05, 4.69) is 6.92 Å². The summed E-state index contributed by atoms with van der Waals surface area (Å²) in [5, 5.41) is 17.8. The first-order valence-corrected chi connectivity index (χ1v) is 6.37. The van der Waals surface area contributed by atoms with E-state index in [1.165, 1.54) is 25.0 Å². The smallest absolute Gasteiger partial charge is 0.423 e. The van der Waals surface area contributed by atoms with Crippen molar-refractivity contribution in [1.29, 1.82) is 0 Å². The van der Waals surface area contributed by atoms with Crippen molar-refractivity contribution in [3.05, 3.63) is 29.6 Å². The molecule has 100 valence electrons. The number of ether oxygens (including phenoxy) is 1. The number of hydrogen-bond acceptors (Lipinski definition) is 3. The van der Waals surface area contributed by atoms with Gasteiger partial charge in [-0.3, -0.25) is 0 Å². The van der Waals surface area contributed by atoms with Gasteiger partial charge in [0.05, 0.1) is 6.61 Å². The van der Waals surface area contributed by atoms with Crippen molar-refractivity contribution >= 4 is 12.6 Å². The number of unbranched alkanes of at least 4 members (excludes halogenated alkanes) is 3. The van der Waals surface area contributed by atoms with Gasteiger partial charge in [-0.25, -0.2) is 4.39 Å². The highest BCUT2D eigenvalue weighted by Gasteiger charge is 2.13. The van der Waals surface area contributed by atoms with Gasteiger partial charge in [0.25, 0.3) is 0 Å². The molecule has 3 nitrogen and oxygen atoms in total. The fraction of sp³-hybridized carbons (Fsp3) is 0.538. The molecule has 1 rings (SSSR count). The topological polar surface area (TPSA) is 49.7 Å². The maximum absolute atomic E-state index is 13.5. The number of hydrogen-bond donors (Lipinski definition) is 2. The largest absolute Gasteiger partial charge is 0.488 e. The van der Waals surface area contributed by atoms with Crippen LogP contribution in [0, 0.1) is 5.82 Å². The highest BCUT2D eigenvalue weighted by molar-refractivity contribution is 6.58. The Labute approximate surface area is 108 Å². The van der Waals surface area contributed by atoms with Gasteiger partial charge in [0, 0.05) is 12.2 Å². The van der Waals surface area contributed by atoms with Gasteiger partial charge >= 0.3 is 7.12 Å². The van der Waals surface area contributed by atoms with Gasteiger partial charge in [0.15, 0.2) is 0 Å². The van der Waals surface area contributed by atoms with Crippen molar-refractivity contribution in [1.82, 2.24) is 0 Å². The molecule has 1 aromatic rings. The minimum Gasteiger partial charge on any atom is -0.423 e. The maximum atomic E-state index is 13.5. The zero-order valence-electron chi connectivity index (χ0n) is 10.7. The molecule has 0 aromatic heterocycles. The first-order valence-electron chi connectivity index (χ1n) is 6.37. The molecule has 2 N–H and O–H groups in total. The van der Waals surface area contributed by atoms with Crippen LogP contribution in [0.1, 0.15) is 38.2 Å². The first-order chi connectivity index (χ1) is 8.65. The van der Waals surface area contributed by atoms with Crippen LogP contribution in [0.4, 0.5) is 4.39 Å². The minimum absolute atomic E-state index is 0.152. The summed E-state index contributed by atoms with van der Waals surface area (Å²) in [6.07, 6.45) is 4.50. The van der Waals surface area contributed by atoms with Crippen molar-refractivity contribution in [3.8, 4) is 0 Å². The number of rotatable bonds is 8. The van der Waals surface area contributed by atoms with Crippen LogP contribution in [0.2, 0.25) is 0 Å². The maximum Gasteiger partial charge on any atom is 0.488 e. The molecule has 0 fully saturated rings. The molecule has 0 aliphatic carbocycles. The fourth-order valence-corrected chi connectivity index (χ4v) is 1.65. The molecule has 0 aliphatic rings. The van der Waals surface area contributed by atoms with Gasteiger partial charge in [-0.1, -0.05) is 38.3 Å². The molecule has 0 bridgehead atoms. The van der Waals surface area contributed by atoms with E-state index in [4.69, 9.17) is 14.8 Å². The van der Waals surface area contributed by atoms with E-state index in [0.717, 1.165) is 18.9 Å². The monoisotopic (exact) mass is 254 g/mol. The van der Waals surface area contributed by atoms with Crippen molar-refractivity contribution in [2.24, 2.45) is 0 Å². The SMILES string of the molecule is CCCCCCOCc1ccc(B(O)O)cc1F. The summed E-state index contributed by atoms with van der Waals surface area (Å²) in [6, 6.07) is 4.14. The summed E-state index contributed by atoms with van der Waals surface area (Å²) in [4.78, 5) is 0. The van der Waals surface area contributed by atoms with Crippen molar-refractivity contribution in [2.75, 3.05) is 6.61 Å². The molecular formula is C13H20BFO3. The van der Waals surface area contributed by atoms with Crippen LogP contribution in [0.15, 0.2) is 18.2 Å². The molecule has 0 spiro atoms. The molecule has 5 heteroatoms. The molecule has 0 heterocycles. The third-order valence-corrected chi connectivity index (χ3v) is 2.78. The van der Waals surface area contributed by atoms with Gasteiger partial charge < -0.3 is 14.8 Å². The summed E-state index contributed by atoms with van der Waals surface area (Å²) in [5.41, 5.74) is 0.592. The fourth-order valence-electron chi connectivity index (χ4n) is 1.65. The van der Waals surface area contributed by atoms with E-state index < -0.39 is 12.9 Å². The third kappa shape index (κ3) is 5.17. The predicted octanol–water partition coefficient (Wildman–Crippen LogP) is 1.60. The summed E-state index contributed by atoms with van der Waals surface area (Å²) in [7, 11) is -1.64. The van der Waals surface area contributed by atoms with E-state index in [0.29, 0.717) is 12.2 Å². The molecule has 1 aromatic carbocycles. The lowest BCUT2D eigenvalue weighted by molar-refractivity contribution is 0.114. The summed E-state index contributed by atoms with van der Waals surface area (Å²) in [5.74, 6) is -0.464. The Morgan fingerprint density at radius 2 is 2.00 bits per heavy atom. The van der Waals surface area contributed by atoms with E-state index in [-0.39, 0.29) is 12.1 Å². The lowest BCUT2D eigenvalue weighted by atomic mass is 9.80. The van der Waals surface area contributed by atoms with Crippen LogP contribution < -0.4 is 5.46 Å². The predicted molar refractivity (Wildman–Crippen MR) is 70.0 cm³/mol. The zero-order valence-corrected chi connectivity index (χ0v) is 10.7. The Morgan fingerprint density at radius 3 is 2.61 bits per heavy atom. The minimum atomic E-state index is -1.64. The number of benzene rings is 1. The Hall–Kier alpha value is -0.905. The second-order valence-corrected chi connectivity index (χ2v) is 4.34. The standard InChI is InChI=1S/C13H20BFO3/c1-2-3-4-5-8-18-10-11-6-7-12(14(16)17)9-13(11)15/h6-7,9,16-17H,2-5,8,10H2,1H3. The van der Waals surface area contributed by atoms with E-state index in [1.54, 1.807) is 0 Å². The van der Waals surface area contributed by atoms with Crippen LogP contribution in [-0.2, 0) is 11.3 Å². The van der Waals surface area contributed by atoms with Crippen LogP contribution in [0.3, 0.4) is 0 Å². The van der Waals surface area contributed by atoms with Crippen molar-refractivity contribution in [2.45, 2.75) is 39.2 Å². The summed E-state index contributed by atoms with van der Waals surface area (Å²) >= 11 is 0. The summed E-state index contributed by atoms with van der Waals surface area (Å²) in [6.45, 7) is 3.00. The Morgan fingerprint density at radius 1 is 1.22 bits per heavy atom. The molecule has 18 heavy (non-hydrogen) atoms. The van der Waals surface area contributed by atoms with Crippen molar-refractivity contribution in [3.63, 3.8) is 0 Å². The molecule has 0 unspecified atom stereocenters. The van der Waals surface area contributed by atoms with E-state index >= 15 is 0 Å². The molecule has 0 radical (unpaired) electrons. The van der Waals surface area contributed by atoms with Crippen LogP contribution >= 0.6 is 0 Å². The zero-order chi connectivity index (χ0) is 13.4. The molecule has 0 saturated heterocycles. The molecule has 0 saturated carbocycles. The molecule has 0 amide bonds. The van der Waals surface area contributed by atoms with Gasteiger partial charge in [-0.2, -0.15) is 0 Å². The molecule has 0 aliphatic heterocycles. The summed E-state index contributed by atoms with van der Waals surface area (Å²) < 4.78 is 18.9. The Bertz CT molecular complexity index is 358. The lowest BCUT2D eigenvalue weighted by Gasteiger charge is -2.07. The van der Waals surface area contributed by atoms with E-state index in [9.17, 15) is 4.39 Å². The van der Waals surface area contributed by atoms with Crippen LogP contribution in [0.5, 0.6) is 0 Å². The van der Waals surface area contributed by atoms with Gasteiger partial charge in [-0.15, -0.1) is 0 Å². The average molecular weight is 254 g/mol. The van der Waals surface area contributed by atoms with Gasteiger partial charge in [0.2, 0.25) is 0 Å². The van der Waals surface area contributed by atoms with Crippen LogP contribution in [0.25, 0.3) is 0 Å². The Balaban J connectivity index is 2.34. The van der Waals surface area contributed by atoms with Crippen LogP contribution in [-0.4, -0.2) is 23.8 Å². The molecular weight excluding hydrogens is 234 g/mol. The molecule has 0 atom stereocenters. The Kier molecular flexibility index (Phi) is 6.94. The average Bonchev–Trinajstić information content (AvgIpc) is 2.35. The third-order valence-electron chi connectivity index (χ3n) is 2.78. The lowest BCUT2D eigenvalue weighted by Crippen LogP contribution is -2.30. The quantitative estimate of drug-likeness (QED) is 0.547. The first kappa shape index (κ1) is 15.2. The van der Waals surface area contributed by atoms with Crippen molar-refractivity contribution < 1.29 is 19.2 Å². The van der Waals surface area contributed by atoms with Gasteiger partial charge in [0.1, 0.15) is 5.82 Å². The normalized spacial score (nSPS) is 10.7. The second kappa shape index (κ2) is 8.24. The highest BCUT2D eigenvalue weighted by Crippen LogP contribution is 2.08. The number of halogens is 1. The van der Waals surface area contributed by atoms with Gasteiger partial charge in [-0.05, 0) is 17.9 Å². The second-order valence-electron chi connectivity index (χ2n) is 4.34. The highest BCUT2D eigenvalue weighted by atomic mass is 19.1.